The van der Waals surface area contributed by atoms with E-state index in [2.05, 4.69) is 151 Å². The number of halogens is 4. The third kappa shape index (κ3) is 5.60. The van der Waals surface area contributed by atoms with Crippen molar-refractivity contribution in [2.75, 3.05) is 0 Å². The van der Waals surface area contributed by atoms with Crippen LogP contribution in [0.15, 0.2) is 133 Å². The third-order valence-corrected chi connectivity index (χ3v) is 31.6. The number of benzene rings is 6. The van der Waals surface area contributed by atoms with Crippen LogP contribution in [0.2, 0.25) is 13.7 Å². The fourth-order valence-electron chi connectivity index (χ4n) is 8.69. The first kappa shape index (κ1) is 36.2. The standard InChI is InChI=1S/C21H12Cl2.C21H25.C5H5.2ClH.Zr/c22-20-11-3-7-16-14(5-1-9-18(16)20)13-15-6-2-10-19-17(15)8-4-12-21(19)23;1-20(2,3)16-7-9-18-14(12-16)11-15-13-17(21(4,5)6)8-10-19(15)18;1-2-4-5-3-1;;;/h1-12H;7-13H,1-6H3;1-5H;2*1H;/q;;;;;+2/p-2. The Morgan fingerprint density at radius 3 is 1.35 bits per heavy atom. The van der Waals surface area contributed by atoms with Gasteiger partial charge < -0.3 is 0 Å². The van der Waals surface area contributed by atoms with E-state index in [9.17, 15) is 0 Å². The molecule has 0 aliphatic heterocycles. The molecule has 6 aromatic rings. The van der Waals surface area contributed by atoms with Crippen molar-refractivity contribution in [1.29, 1.82) is 0 Å². The van der Waals surface area contributed by atoms with Crippen LogP contribution in [0.4, 0.5) is 0 Å². The van der Waals surface area contributed by atoms with Crippen molar-refractivity contribution in [3.05, 3.63) is 177 Å². The fraction of sp³-hybridized carbons (Fsp3) is 0.213. The van der Waals surface area contributed by atoms with Crippen molar-refractivity contribution < 1.29 is 15.9 Å². The second-order valence-electron chi connectivity index (χ2n) is 16.6. The van der Waals surface area contributed by atoms with E-state index < -0.39 is 15.9 Å². The van der Waals surface area contributed by atoms with E-state index in [0.717, 1.165) is 35.9 Å². The monoisotopic (exact) mass is 836 g/mol. The van der Waals surface area contributed by atoms with Crippen LogP contribution in [0.25, 0.3) is 32.7 Å². The molecule has 0 heterocycles. The van der Waals surface area contributed by atoms with Crippen LogP contribution in [0.1, 0.15) is 78.5 Å². The van der Waals surface area contributed by atoms with Gasteiger partial charge in [-0.05, 0) is 0 Å². The normalized spacial score (nSPS) is 15.1. The molecule has 0 saturated carbocycles. The van der Waals surface area contributed by atoms with Crippen molar-refractivity contribution in [2.24, 2.45) is 0 Å². The van der Waals surface area contributed by atoms with Gasteiger partial charge in [-0.1, -0.05) is 0 Å². The van der Waals surface area contributed by atoms with Gasteiger partial charge in [0.25, 0.3) is 0 Å². The molecule has 0 N–H and O–H groups in total. The Bertz CT molecular complexity index is 2420. The minimum absolute atomic E-state index is 0.0761. The average Bonchev–Trinajstić information content (AvgIpc) is 3.76. The van der Waals surface area contributed by atoms with E-state index in [1.165, 1.54) is 33.4 Å². The maximum absolute atomic E-state index is 9.08. The fourth-order valence-corrected chi connectivity index (χ4v) is 28.4. The molecule has 2 aliphatic carbocycles. The van der Waals surface area contributed by atoms with Crippen LogP contribution in [0.3, 0.4) is 0 Å². The molecule has 0 spiro atoms. The van der Waals surface area contributed by atoms with Gasteiger partial charge in [0.05, 0.1) is 0 Å². The zero-order valence-corrected chi connectivity index (χ0v) is 35.9. The second kappa shape index (κ2) is 12.6. The number of fused-ring (bicyclic) bond motifs is 5. The number of hydrogen-bond acceptors (Lipinski definition) is 0. The van der Waals surface area contributed by atoms with Crippen LogP contribution < -0.4 is 0 Å². The predicted molar refractivity (Wildman–Crippen MR) is 226 cm³/mol. The molecule has 2 aliphatic rings. The van der Waals surface area contributed by atoms with E-state index in [1.807, 2.05) is 24.3 Å². The number of rotatable bonds is 4. The summed E-state index contributed by atoms with van der Waals surface area (Å²) >= 11 is 8.13. The Morgan fingerprint density at radius 2 is 0.923 bits per heavy atom. The quantitative estimate of drug-likeness (QED) is 0.166. The summed E-state index contributed by atoms with van der Waals surface area (Å²) < 4.78 is 0.553. The van der Waals surface area contributed by atoms with Gasteiger partial charge in [0, 0.05) is 0 Å². The first-order chi connectivity index (χ1) is 24.6. The summed E-state index contributed by atoms with van der Waals surface area (Å²) in [6.07, 6.45) is 8.74. The van der Waals surface area contributed by atoms with Gasteiger partial charge in [-0.2, -0.15) is 0 Å². The second-order valence-corrected chi connectivity index (χ2v) is 38.2. The molecule has 0 atom stereocenters. The summed E-state index contributed by atoms with van der Waals surface area (Å²) in [6.45, 7) is 13.6. The van der Waals surface area contributed by atoms with Gasteiger partial charge in [0.2, 0.25) is 0 Å². The molecule has 8 rings (SSSR count). The molecule has 5 heteroatoms. The van der Waals surface area contributed by atoms with Crippen molar-refractivity contribution >= 4 is 65.0 Å². The van der Waals surface area contributed by atoms with Crippen LogP contribution in [0.5, 0.6) is 0 Å². The van der Waals surface area contributed by atoms with E-state index >= 15 is 0 Å². The molecule has 0 nitrogen and oxygen atoms in total. The Balaban J connectivity index is 1.66. The van der Waals surface area contributed by atoms with Gasteiger partial charge in [-0.25, -0.2) is 0 Å². The van der Waals surface area contributed by atoms with Crippen molar-refractivity contribution in [3.8, 4) is 11.1 Å². The molecule has 6 aromatic carbocycles. The van der Waals surface area contributed by atoms with Crippen LogP contribution in [-0.2, 0) is 26.7 Å². The summed E-state index contributed by atoms with van der Waals surface area (Å²) in [6, 6.07) is 39.1. The minimum atomic E-state index is -5.78. The Hall–Kier alpha value is -2.77. The van der Waals surface area contributed by atoms with Crippen LogP contribution in [-0.4, -0.2) is 3.21 Å². The van der Waals surface area contributed by atoms with Crippen molar-refractivity contribution in [1.82, 2.24) is 0 Å². The summed E-state index contributed by atoms with van der Waals surface area (Å²) in [5.41, 5.74) is 9.26. The van der Waals surface area contributed by atoms with Crippen LogP contribution in [0, 0.1) is 0 Å². The first-order valence-corrected chi connectivity index (χ1v) is 29.2. The molecule has 0 saturated heterocycles. The van der Waals surface area contributed by atoms with Crippen LogP contribution >= 0.6 is 40.2 Å². The maximum atomic E-state index is 9.08. The molecule has 262 valence electrons. The topological polar surface area (TPSA) is 0 Å². The molecule has 0 amide bonds. The van der Waals surface area contributed by atoms with Gasteiger partial charge in [-0.15, -0.1) is 0 Å². The molecule has 52 heavy (non-hydrogen) atoms. The molecule has 0 bridgehead atoms. The summed E-state index contributed by atoms with van der Waals surface area (Å²) in [7, 11) is 18.2. The molecular weight excluding hydrogens is 798 g/mol. The van der Waals surface area contributed by atoms with E-state index in [0.29, 0.717) is 10.0 Å². The molecule has 0 radical (unpaired) electrons. The summed E-state index contributed by atoms with van der Waals surface area (Å²) in [5, 5.41) is 5.39. The molecule has 0 aromatic heterocycles. The van der Waals surface area contributed by atoms with Gasteiger partial charge in [0.1, 0.15) is 0 Å². The zero-order chi connectivity index (χ0) is 36.8. The third-order valence-electron chi connectivity index (χ3n) is 11.4. The van der Waals surface area contributed by atoms with E-state index in [4.69, 9.17) is 40.2 Å². The molecular formula is C47H42Cl4Zr. The Labute approximate surface area is 325 Å². The number of hydrogen-bond donors (Lipinski definition) is 0. The Kier molecular flexibility index (Phi) is 8.81. The van der Waals surface area contributed by atoms with Gasteiger partial charge in [-0.3, -0.25) is 0 Å². The number of allylic oxidation sites excluding steroid dienone is 4. The Morgan fingerprint density at radius 1 is 0.519 bits per heavy atom. The molecule has 0 fully saturated rings. The molecule has 0 unspecified atom stereocenters. The van der Waals surface area contributed by atoms with Crippen molar-refractivity contribution in [3.63, 3.8) is 0 Å². The van der Waals surface area contributed by atoms with Gasteiger partial charge >= 0.3 is 329 Å². The van der Waals surface area contributed by atoms with E-state index in [1.54, 1.807) is 0 Å². The SMILES string of the molecule is CC(C)(C)c1ccc2c(c1)[CH]([Zr]([Cl])([Cl])(=[C](c1cccc3c(Cl)cccc13)c1cccc3c(Cl)cccc13)[CH]1C=CC=C1)c1cc(C(C)(C)C)ccc1-2. The predicted octanol–water partition coefficient (Wildman–Crippen LogP) is 15.1. The first-order valence-electron chi connectivity index (χ1n) is 18.0. The van der Waals surface area contributed by atoms with Gasteiger partial charge in [0.15, 0.2) is 0 Å². The van der Waals surface area contributed by atoms with E-state index in [-0.39, 0.29) is 18.1 Å². The van der Waals surface area contributed by atoms with Crippen molar-refractivity contribution in [2.45, 2.75) is 59.6 Å². The summed E-state index contributed by atoms with van der Waals surface area (Å²) in [5.74, 6) is 0. The summed E-state index contributed by atoms with van der Waals surface area (Å²) in [4.78, 5) is 0. The zero-order valence-electron chi connectivity index (χ0n) is 30.4. The average molecular weight is 840 g/mol.